The minimum Gasteiger partial charge on any atom is -0.505 e. The summed E-state index contributed by atoms with van der Waals surface area (Å²) >= 11 is 0. The van der Waals surface area contributed by atoms with E-state index in [1.165, 1.54) is 54.6 Å². The van der Waals surface area contributed by atoms with Crippen LogP contribution in [0.15, 0.2) is 183 Å². The van der Waals surface area contributed by atoms with Crippen molar-refractivity contribution in [2.24, 2.45) is 40.9 Å². The van der Waals surface area contributed by atoms with Crippen molar-refractivity contribution in [3.63, 3.8) is 0 Å². The van der Waals surface area contributed by atoms with E-state index in [9.17, 15) is 49.1 Å². The van der Waals surface area contributed by atoms with Gasteiger partial charge in [-0.1, -0.05) is 12.1 Å². The third kappa shape index (κ3) is 10.8. The SMILES string of the molecule is Nc1ccc(N=Nc2ccc(Nc3ccc(N=Nc4c(S(=O)(=O)O)cc5ccc(N=Nc6c(S(=O)(=O)O)cc7ccc(N=Nc8ccc(N)cc8N)cc7c6O)cc5c4O)cc3S(=O)(=O)O)cc2)c(N)c1. The monoisotopic (exact) mass is 1020 g/mol. The Kier molecular flexibility index (Phi) is 12.9. The van der Waals surface area contributed by atoms with Crippen LogP contribution < -0.4 is 28.3 Å². The molecule has 0 aliphatic carbocycles. The second-order valence-corrected chi connectivity index (χ2v) is 19.3. The number of rotatable bonds is 13. The molecule has 0 aliphatic rings. The summed E-state index contributed by atoms with van der Waals surface area (Å²) in [5, 5.41) is 57.8. The molecule has 14 N–H and O–H groups in total. The van der Waals surface area contributed by atoms with Crippen molar-refractivity contribution in [3.8, 4) is 11.5 Å². The molecule has 0 unspecified atom stereocenters. The number of aromatic hydroxyl groups is 2. The van der Waals surface area contributed by atoms with Gasteiger partial charge >= 0.3 is 0 Å². The van der Waals surface area contributed by atoms with Gasteiger partial charge in [0.25, 0.3) is 30.4 Å². The van der Waals surface area contributed by atoms with Crippen molar-refractivity contribution in [1.82, 2.24) is 0 Å². The number of fused-ring (bicyclic) bond motifs is 2. The molecule has 27 heteroatoms. The van der Waals surface area contributed by atoms with Crippen molar-refractivity contribution in [2.75, 3.05) is 28.3 Å². The van der Waals surface area contributed by atoms with E-state index in [0.29, 0.717) is 39.8 Å². The van der Waals surface area contributed by atoms with Crippen molar-refractivity contribution in [1.29, 1.82) is 0 Å². The van der Waals surface area contributed by atoms with Crippen LogP contribution in [0.5, 0.6) is 11.5 Å². The van der Waals surface area contributed by atoms with Crippen LogP contribution in [0.4, 0.5) is 79.6 Å². The summed E-state index contributed by atoms with van der Waals surface area (Å²) in [5.41, 5.74) is 24.4. The molecule has 0 radical (unpaired) electrons. The zero-order valence-electron chi connectivity index (χ0n) is 35.9. The number of benzene rings is 8. The van der Waals surface area contributed by atoms with Gasteiger partial charge in [-0.3, -0.25) is 13.7 Å². The highest BCUT2D eigenvalue weighted by molar-refractivity contribution is 7.86. The third-order valence-corrected chi connectivity index (χ3v) is 12.8. The van der Waals surface area contributed by atoms with E-state index in [1.54, 1.807) is 48.5 Å². The minimum absolute atomic E-state index is 0.00862. The third-order valence-electron chi connectivity index (χ3n) is 10.2. The Morgan fingerprint density at radius 1 is 0.394 bits per heavy atom. The molecule has 0 fully saturated rings. The average molecular weight is 1020 g/mol. The van der Waals surface area contributed by atoms with Gasteiger partial charge in [0.2, 0.25) is 0 Å². The summed E-state index contributed by atoms with van der Waals surface area (Å²) < 4.78 is 106. The average Bonchev–Trinajstić information content (AvgIpc) is 3.30. The molecule has 8 rings (SSSR count). The molecular formula is C44H35N13O11S3. The number of nitrogen functional groups attached to an aromatic ring is 4. The standard InChI is InChI=1S/C44H35N13O11S3/c45-24-3-12-35(33(47)17-24)54-50-27-9-7-26(8-10-27)49-37-14-11-30(21-38(37)69(60,61)62)53-57-42-40(71(66,67)68)16-23-2-6-29(20-32(23)44(42)59)52-56-41-39(70(63,64)65)15-22-1-5-28(19-31(22)43(41)58)51-55-36-13-4-25(46)18-34(36)48/h1-21,49,58-59H,45-48H2,(H,60,61,62)(H,63,64,65)(H,66,67,68). The molecule has 0 atom stereocenters. The summed E-state index contributed by atoms with van der Waals surface area (Å²) in [5.74, 6) is -1.61. The van der Waals surface area contributed by atoms with Gasteiger partial charge in [-0.2, -0.15) is 45.7 Å². The van der Waals surface area contributed by atoms with E-state index < -0.39 is 67.9 Å². The van der Waals surface area contributed by atoms with Crippen molar-refractivity contribution >= 4 is 132 Å². The molecule has 0 amide bonds. The lowest BCUT2D eigenvalue weighted by Gasteiger charge is -2.11. The maximum absolute atomic E-state index is 12.6. The van der Waals surface area contributed by atoms with Crippen LogP contribution in [-0.2, 0) is 30.4 Å². The first-order valence-corrected chi connectivity index (χ1v) is 24.3. The number of nitrogens with zero attached hydrogens (tertiary/aromatic N) is 8. The molecule has 8 aromatic carbocycles. The van der Waals surface area contributed by atoms with Gasteiger partial charge in [0.15, 0.2) is 11.5 Å². The molecule has 0 bridgehead atoms. The Morgan fingerprint density at radius 2 is 0.789 bits per heavy atom. The predicted octanol–water partition coefficient (Wildman–Crippen LogP) is 10.9. The molecule has 0 saturated carbocycles. The lowest BCUT2D eigenvalue weighted by molar-refractivity contribution is 0.471. The number of anilines is 6. The first-order valence-electron chi connectivity index (χ1n) is 20.0. The van der Waals surface area contributed by atoms with E-state index in [2.05, 4.69) is 46.2 Å². The molecule has 71 heavy (non-hydrogen) atoms. The molecule has 0 saturated heterocycles. The normalized spacial score (nSPS) is 12.6. The van der Waals surface area contributed by atoms with E-state index in [-0.39, 0.29) is 50.0 Å². The van der Waals surface area contributed by atoms with Crippen LogP contribution >= 0.6 is 0 Å². The van der Waals surface area contributed by atoms with Gasteiger partial charge in [-0.25, -0.2) is 0 Å². The largest absolute Gasteiger partial charge is 0.505 e. The van der Waals surface area contributed by atoms with Gasteiger partial charge in [-0.15, -0.1) is 20.5 Å². The topological polar surface area (TPSA) is 419 Å². The zero-order chi connectivity index (χ0) is 51.0. The Hall–Kier alpha value is -8.99. The van der Waals surface area contributed by atoms with Crippen molar-refractivity contribution in [2.45, 2.75) is 14.7 Å². The number of azo groups is 4. The Labute approximate surface area is 401 Å². The Morgan fingerprint density at radius 3 is 1.23 bits per heavy atom. The van der Waals surface area contributed by atoms with Gasteiger partial charge < -0.3 is 38.5 Å². The first-order chi connectivity index (χ1) is 33.5. The molecule has 8 aromatic rings. The Balaban J connectivity index is 1.10. The van der Waals surface area contributed by atoms with Gasteiger partial charge in [0.05, 0.1) is 39.8 Å². The highest BCUT2D eigenvalue weighted by atomic mass is 32.2. The number of hydrogen-bond donors (Lipinski definition) is 10. The summed E-state index contributed by atoms with van der Waals surface area (Å²) in [6, 6.07) is 28.8. The van der Waals surface area contributed by atoms with Crippen molar-refractivity contribution < 1.29 is 49.1 Å². The van der Waals surface area contributed by atoms with Crippen LogP contribution in [0.3, 0.4) is 0 Å². The number of phenols is 2. The summed E-state index contributed by atoms with van der Waals surface area (Å²) in [7, 11) is -15.1. The number of phenolic OH excluding ortho intramolecular Hbond substituents is 2. The number of nitrogens with two attached hydrogens (primary N) is 4. The summed E-state index contributed by atoms with van der Waals surface area (Å²) in [4.78, 5) is -2.41. The number of nitrogens with one attached hydrogen (secondary N) is 1. The molecule has 0 heterocycles. The van der Waals surface area contributed by atoms with Crippen LogP contribution in [0.1, 0.15) is 0 Å². The van der Waals surface area contributed by atoms with E-state index in [4.69, 9.17) is 22.9 Å². The van der Waals surface area contributed by atoms with Gasteiger partial charge in [0, 0.05) is 27.8 Å². The first kappa shape index (κ1) is 48.5. The number of hydrogen-bond acceptors (Lipinski definition) is 21. The molecule has 360 valence electrons. The lowest BCUT2D eigenvalue weighted by atomic mass is 10.1. The molecule has 0 aliphatic heterocycles. The fourth-order valence-corrected chi connectivity index (χ4v) is 8.77. The van der Waals surface area contributed by atoms with Crippen molar-refractivity contribution in [3.05, 3.63) is 127 Å². The van der Waals surface area contributed by atoms with Crippen LogP contribution in [0.2, 0.25) is 0 Å². The fraction of sp³-hybridized carbons (Fsp3) is 0. The summed E-state index contributed by atoms with van der Waals surface area (Å²) in [6.07, 6.45) is 0. The van der Waals surface area contributed by atoms with E-state index in [0.717, 1.165) is 24.3 Å². The predicted molar refractivity (Wildman–Crippen MR) is 264 cm³/mol. The summed E-state index contributed by atoms with van der Waals surface area (Å²) in [6.45, 7) is 0. The zero-order valence-corrected chi connectivity index (χ0v) is 38.4. The highest BCUT2D eigenvalue weighted by Gasteiger charge is 2.25. The smallest absolute Gasteiger partial charge is 0.296 e. The quantitative estimate of drug-likeness (QED) is 0.0291. The fourth-order valence-electron chi connectivity index (χ4n) is 6.79. The second-order valence-electron chi connectivity index (χ2n) is 15.2. The van der Waals surface area contributed by atoms with Crippen LogP contribution in [0.25, 0.3) is 21.5 Å². The maximum Gasteiger partial charge on any atom is 0.296 e. The highest BCUT2D eigenvalue weighted by Crippen LogP contribution is 2.45. The lowest BCUT2D eigenvalue weighted by Crippen LogP contribution is -2.03. The Bertz CT molecular complexity index is 3970. The van der Waals surface area contributed by atoms with E-state index >= 15 is 0 Å². The molecule has 0 spiro atoms. The maximum atomic E-state index is 12.6. The molecule has 0 aromatic heterocycles. The minimum atomic E-state index is -5.13. The van der Waals surface area contributed by atoms with Gasteiger partial charge in [0.1, 0.15) is 37.4 Å². The van der Waals surface area contributed by atoms with Crippen LogP contribution in [0, 0.1) is 0 Å². The van der Waals surface area contributed by atoms with E-state index in [1.807, 2.05) is 0 Å². The second kappa shape index (κ2) is 18.8. The molecule has 24 nitrogen and oxygen atoms in total. The molecular weight excluding hydrogens is 983 g/mol. The van der Waals surface area contributed by atoms with Gasteiger partial charge in [-0.05, 0) is 126 Å². The van der Waals surface area contributed by atoms with Crippen LogP contribution in [-0.4, -0.2) is 49.1 Å².